The van der Waals surface area contributed by atoms with Gasteiger partial charge in [-0.3, -0.25) is 0 Å². The monoisotopic (exact) mass is 158 g/mol. The van der Waals surface area contributed by atoms with Gasteiger partial charge in [0.2, 0.25) is 0 Å². The number of primary amides is 1. The number of carbonyl (C=O) groups excluding carboxylic acids is 2. The van der Waals surface area contributed by atoms with Gasteiger partial charge in [0.15, 0.2) is 0 Å². The van der Waals surface area contributed by atoms with Crippen molar-refractivity contribution in [1.29, 1.82) is 0 Å². The highest BCUT2D eigenvalue weighted by molar-refractivity contribution is 5.87. The molecule has 0 saturated carbocycles. The van der Waals surface area contributed by atoms with Gasteiger partial charge >= 0.3 is 12.1 Å². The van der Waals surface area contributed by atoms with E-state index >= 15 is 0 Å². The zero-order chi connectivity index (χ0) is 8.27. The molecule has 0 unspecified atom stereocenters. The Balaban J connectivity index is 2.34. The minimum atomic E-state index is -1.04. The lowest BCUT2D eigenvalue weighted by atomic mass is 10.2. The summed E-state index contributed by atoms with van der Waals surface area (Å²) in [7, 11) is 0. The summed E-state index contributed by atoms with van der Waals surface area (Å²) in [6.45, 7) is 0.790. The number of ether oxygens (including phenoxy) is 1. The highest BCUT2D eigenvalue weighted by Gasteiger charge is 2.24. The molecule has 3 N–H and O–H groups in total. The fourth-order valence-electron chi connectivity index (χ4n) is 1.06. The average molecular weight is 158 g/mol. The minimum absolute atomic E-state index is 0.345. The molecule has 1 aliphatic rings. The van der Waals surface area contributed by atoms with Gasteiger partial charge in [0, 0.05) is 0 Å². The fourth-order valence-corrected chi connectivity index (χ4v) is 1.06. The van der Waals surface area contributed by atoms with E-state index in [-0.39, 0.29) is 6.04 Å². The number of amides is 1. The third-order valence-corrected chi connectivity index (χ3v) is 1.55. The number of esters is 1. The van der Waals surface area contributed by atoms with E-state index in [1.54, 1.807) is 0 Å². The molecule has 11 heavy (non-hydrogen) atoms. The third-order valence-electron chi connectivity index (χ3n) is 1.55. The molecule has 1 aliphatic heterocycles. The second-order valence-corrected chi connectivity index (χ2v) is 2.39. The molecule has 1 heterocycles. The lowest BCUT2D eigenvalue weighted by Crippen LogP contribution is -2.35. The summed E-state index contributed by atoms with van der Waals surface area (Å²) in [5.74, 6) is -0.574. The number of nitrogens with one attached hydrogen (secondary N) is 1. The Hall–Kier alpha value is -1.10. The quantitative estimate of drug-likeness (QED) is 0.393. The van der Waals surface area contributed by atoms with Crippen molar-refractivity contribution in [2.45, 2.75) is 18.9 Å². The van der Waals surface area contributed by atoms with Gasteiger partial charge in [-0.05, 0) is 19.4 Å². The molecule has 62 valence electrons. The molecule has 1 amide bonds. The minimum Gasteiger partial charge on any atom is -0.375 e. The molecule has 0 bridgehead atoms. The number of hydrogen-bond donors (Lipinski definition) is 2. The van der Waals surface area contributed by atoms with Crippen LogP contribution in [0.4, 0.5) is 4.79 Å². The van der Waals surface area contributed by atoms with Gasteiger partial charge in [0.25, 0.3) is 0 Å². The van der Waals surface area contributed by atoms with Gasteiger partial charge in [-0.1, -0.05) is 0 Å². The maximum absolute atomic E-state index is 10.9. The largest absolute Gasteiger partial charge is 0.412 e. The van der Waals surface area contributed by atoms with Crippen molar-refractivity contribution < 1.29 is 14.3 Å². The van der Waals surface area contributed by atoms with Crippen LogP contribution in [0.1, 0.15) is 12.8 Å². The molecule has 0 aliphatic carbocycles. The molecular formula is C6H10N2O3. The average Bonchev–Trinajstić information content (AvgIpc) is 2.35. The van der Waals surface area contributed by atoms with Gasteiger partial charge in [-0.15, -0.1) is 0 Å². The SMILES string of the molecule is NC(=O)OC(=O)[C@H]1CCCN1. The van der Waals surface area contributed by atoms with Crippen LogP contribution in [-0.4, -0.2) is 24.6 Å². The number of nitrogens with two attached hydrogens (primary N) is 1. The van der Waals surface area contributed by atoms with Crippen LogP contribution >= 0.6 is 0 Å². The van der Waals surface area contributed by atoms with Crippen molar-refractivity contribution >= 4 is 12.1 Å². The first-order valence-corrected chi connectivity index (χ1v) is 3.44. The Morgan fingerprint density at radius 2 is 2.27 bits per heavy atom. The summed E-state index contributed by atoms with van der Waals surface area (Å²) < 4.78 is 4.17. The standard InChI is InChI=1S/C6H10N2O3/c7-6(10)11-5(9)4-2-1-3-8-4/h4,8H,1-3H2,(H2,7,10)/t4-/m1/s1. The fraction of sp³-hybridized carbons (Fsp3) is 0.667. The first-order chi connectivity index (χ1) is 5.20. The summed E-state index contributed by atoms with van der Waals surface area (Å²) >= 11 is 0. The third kappa shape index (κ3) is 2.19. The molecule has 1 saturated heterocycles. The smallest absolute Gasteiger partial charge is 0.375 e. The van der Waals surface area contributed by atoms with Crippen molar-refractivity contribution in [2.24, 2.45) is 5.73 Å². The Morgan fingerprint density at radius 3 is 2.73 bits per heavy atom. The molecule has 5 nitrogen and oxygen atoms in total. The Labute approximate surface area is 63.9 Å². The van der Waals surface area contributed by atoms with E-state index in [1.807, 2.05) is 0 Å². The molecule has 1 atom stereocenters. The molecule has 0 aromatic rings. The number of rotatable bonds is 1. The number of carbonyl (C=O) groups is 2. The van der Waals surface area contributed by atoms with Crippen molar-refractivity contribution in [3.63, 3.8) is 0 Å². The van der Waals surface area contributed by atoms with Crippen LogP contribution in [0.5, 0.6) is 0 Å². The molecule has 0 aromatic heterocycles. The summed E-state index contributed by atoms with van der Waals surface area (Å²) in [6, 6.07) is -0.345. The van der Waals surface area contributed by atoms with Gasteiger partial charge in [-0.2, -0.15) is 0 Å². The van der Waals surface area contributed by atoms with Crippen molar-refractivity contribution in [3.8, 4) is 0 Å². The predicted octanol–water partition coefficient (Wildman–Crippen LogP) is -0.640. The zero-order valence-electron chi connectivity index (χ0n) is 6.00. The van der Waals surface area contributed by atoms with Crippen LogP contribution in [0.2, 0.25) is 0 Å². The van der Waals surface area contributed by atoms with E-state index in [0.717, 1.165) is 13.0 Å². The van der Waals surface area contributed by atoms with E-state index in [2.05, 4.69) is 15.8 Å². The topological polar surface area (TPSA) is 81.4 Å². The summed E-state index contributed by atoms with van der Waals surface area (Å²) in [5, 5.41) is 2.88. The van der Waals surface area contributed by atoms with E-state index in [4.69, 9.17) is 0 Å². The van der Waals surface area contributed by atoms with E-state index in [1.165, 1.54) is 0 Å². The maximum Gasteiger partial charge on any atom is 0.412 e. The van der Waals surface area contributed by atoms with Gasteiger partial charge in [0.1, 0.15) is 6.04 Å². The molecule has 0 spiro atoms. The Kier molecular flexibility index (Phi) is 2.43. The van der Waals surface area contributed by atoms with E-state index < -0.39 is 12.1 Å². The van der Waals surface area contributed by atoms with Crippen LogP contribution in [0.25, 0.3) is 0 Å². The van der Waals surface area contributed by atoms with Crippen molar-refractivity contribution in [3.05, 3.63) is 0 Å². The normalized spacial score (nSPS) is 23.1. The highest BCUT2D eigenvalue weighted by atomic mass is 16.6. The predicted molar refractivity (Wildman–Crippen MR) is 36.7 cm³/mol. The highest BCUT2D eigenvalue weighted by Crippen LogP contribution is 2.05. The summed E-state index contributed by atoms with van der Waals surface area (Å²) in [4.78, 5) is 21.0. The molecular weight excluding hydrogens is 148 g/mol. The molecule has 0 aromatic carbocycles. The van der Waals surface area contributed by atoms with Crippen LogP contribution in [-0.2, 0) is 9.53 Å². The molecule has 1 rings (SSSR count). The van der Waals surface area contributed by atoms with Crippen molar-refractivity contribution in [1.82, 2.24) is 5.32 Å². The van der Waals surface area contributed by atoms with Crippen LogP contribution in [0.3, 0.4) is 0 Å². The number of hydrogen-bond acceptors (Lipinski definition) is 4. The van der Waals surface area contributed by atoms with Crippen molar-refractivity contribution in [2.75, 3.05) is 6.54 Å². The van der Waals surface area contributed by atoms with E-state index in [9.17, 15) is 9.59 Å². The lowest BCUT2D eigenvalue weighted by Gasteiger charge is -2.05. The van der Waals surface area contributed by atoms with Crippen LogP contribution in [0, 0.1) is 0 Å². The van der Waals surface area contributed by atoms with E-state index in [0.29, 0.717) is 6.42 Å². The first-order valence-electron chi connectivity index (χ1n) is 3.44. The molecule has 0 radical (unpaired) electrons. The Bertz CT molecular complexity index is 175. The second-order valence-electron chi connectivity index (χ2n) is 2.39. The molecule has 1 fully saturated rings. The summed E-state index contributed by atoms with van der Waals surface area (Å²) in [5.41, 5.74) is 4.65. The lowest BCUT2D eigenvalue weighted by molar-refractivity contribution is -0.139. The van der Waals surface area contributed by atoms with Gasteiger partial charge < -0.3 is 15.8 Å². The van der Waals surface area contributed by atoms with Crippen LogP contribution in [0.15, 0.2) is 0 Å². The summed E-state index contributed by atoms with van der Waals surface area (Å²) in [6.07, 6.45) is 0.605. The zero-order valence-corrected chi connectivity index (χ0v) is 6.00. The first kappa shape index (κ1) is 8.00. The van der Waals surface area contributed by atoms with Gasteiger partial charge in [-0.25, -0.2) is 9.59 Å². The maximum atomic E-state index is 10.9. The van der Waals surface area contributed by atoms with Crippen LogP contribution < -0.4 is 11.1 Å². The molecule has 5 heteroatoms. The second kappa shape index (κ2) is 3.34. The Morgan fingerprint density at radius 1 is 1.55 bits per heavy atom. The van der Waals surface area contributed by atoms with Gasteiger partial charge in [0.05, 0.1) is 0 Å².